The van der Waals surface area contributed by atoms with E-state index in [1.54, 1.807) is 36.4 Å². The van der Waals surface area contributed by atoms with E-state index >= 15 is 0 Å². The normalized spacial score (nSPS) is 11.8. The zero-order valence-corrected chi connectivity index (χ0v) is 16.7. The average molecular weight is 420 g/mol. The molecule has 32 heavy (non-hydrogen) atoms. The number of H-pyrrole nitrogens is 2. The van der Waals surface area contributed by atoms with Crippen molar-refractivity contribution in [3.05, 3.63) is 105 Å². The molecule has 0 aliphatic rings. The monoisotopic (exact) mass is 420 g/mol. The molecule has 0 spiro atoms. The SMILES string of the molecule is O=c1[nH]c2ccccc2nc1C=Nc1ccc(N=Cc2nc3ccccc3[nH]c2=O)cc1. The summed E-state index contributed by atoms with van der Waals surface area (Å²) < 4.78 is 0. The summed E-state index contributed by atoms with van der Waals surface area (Å²) in [5.41, 5.74) is 3.86. The van der Waals surface area contributed by atoms with Crippen LogP contribution in [0.1, 0.15) is 11.4 Å². The summed E-state index contributed by atoms with van der Waals surface area (Å²) in [5, 5.41) is 0. The van der Waals surface area contributed by atoms with Gasteiger partial charge in [-0.15, -0.1) is 0 Å². The van der Waals surface area contributed by atoms with Crippen molar-refractivity contribution in [1.82, 2.24) is 19.9 Å². The van der Waals surface area contributed by atoms with E-state index in [0.717, 1.165) is 0 Å². The predicted molar refractivity (Wildman–Crippen MR) is 126 cm³/mol. The Morgan fingerprint density at radius 2 is 1.00 bits per heavy atom. The molecule has 0 radical (unpaired) electrons. The molecule has 0 saturated heterocycles. The first-order valence-electron chi connectivity index (χ1n) is 9.82. The van der Waals surface area contributed by atoms with Crippen molar-refractivity contribution in [2.24, 2.45) is 9.98 Å². The third-order valence-electron chi connectivity index (χ3n) is 4.77. The Balaban J connectivity index is 1.36. The molecule has 5 aromatic rings. The highest BCUT2D eigenvalue weighted by atomic mass is 16.1. The molecule has 8 nitrogen and oxygen atoms in total. The van der Waals surface area contributed by atoms with E-state index in [1.165, 1.54) is 12.4 Å². The Kier molecular flexibility index (Phi) is 4.93. The molecule has 0 bridgehead atoms. The van der Waals surface area contributed by atoms with Crippen LogP contribution in [0, 0.1) is 0 Å². The van der Waals surface area contributed by atoms with Gasteiger partial charge >= 0.3 is 0 Å². The van der Waals surface area contributed by atoms with Crippen molar-refractivity contribution < 1.29 is 0 Å². The van der Waals surface area contributed by atoms with Crippen molar-refractivity contribution >= 4 is 45.9 Å². The summed E-state index contributed by atoms with van der Waals surface area (Å²) in [6.07, 6.45) is 2.87. The second-order valence-electron chi connectivity index (χ2n) is 6.97. The summed E-state index contributed by atoms with van der Waals surface area (Å²) >= 11 is 0. The lowest BCUT2D eigenvalue weighted by Crippen LogP contribution is -2.14. The Hall–Kier alpha value is -4.72. The number of nitrogens with zero attached hydrogens (tertiary/aromatic N) is 4. The zero-order valence-electron chi connectivity index (χ0n) is 16.7. The fourth-order valence-corrected chi connectivity index (χ4v) is 3.16. The smallest absolute Gasteiger partial charge is 0.275 e. The first-order chi connectivity index (χ1) is 15.7. The van der Waals surface area contributed by atoms with Crippen molar-refractivity contribution in [2.75, 3.05) is 0 Å². The minimum atomic E-state index is -0.304. The number of benzene rings is 3. The highest BCUT2D eigenvalue weighted by Crippen LogP contribution is 2.18. The fourth-order valence-electron chi connectivity index (χ4n) is 3.16. The van der Waals surface area contributed by atoms with Crippen LogP contribution in [0.15, 0.2) is 92.4 Å². The second-order valence-corrected chi connectivity index (χ2v) is 6.97. The summed E-state index contributed by atoms with van der Waals surface area (Å²) in [5.74, 6) is 0. The fraction of sp³-hybridized carbons (Fsp3) is 0. The van der Waals surface area contributed by atoms with Gasteiger partial charge in [-0.05, 0) is 48.5 Å². The number of aromatic nitrogens is 4. The van der Waals surface area contributed by atoms with Gasteiger partial charge in [0.25, 0.3) is 11.1 Å². The Morgan fingerprint density at radius 1 is 0.594 bits per heavy atom. The third kappa shape index (κ3) is 3.97. The molecule has 2 heterocycles. The van der Waals surface area contributed by atoms with Crippen LogP contribution in [0.5, 0.6) is 0 Å². The predicted octanol–water partition coefficient (Wildman–Crippen LogP) is 3.66. The highest BCUT2D eigenvalue weighted by molar-refractivity contribution is 5.85. The second kappa shape index (κ2) is 8.19. The lowest BCUT2D eigenvalue weighted by Gasteiger charge is -1.99. The molecule has 0 amide bonds. The minimum absolute atomic E-state index is 0.229. The van der Waals surface area contributed by atoms with Crippen molar-refractivity contribution in [1.29, 1.82) is 0 Å². The van der Waals surface area contributed by atoms with E-state index in [1.807, 2.05) is 36.4 Å². The first-order valence-corrected chi connectivity index (χ1v) is 9.82. The summed E-state index contributed by atoms with van der Waals surface area (Å²) in [7, 11) is 0. The molecular weight excluding hydrogens is 404 g/mol. The van der Waals surface area contributed by atoms with Gasteiger partial charge in [-0.2, -0.15) is 0 Å². The van der Waals surface area contributed by atoms with Crippen LogP contribution in [0.4, 0.5) is 11.4 Å². The summed E-state index contributed by atoms with van der Waals surface area (Å²) in [6.45, 7) is 0. The van der Waals surface area contributed by atoms with Crippen LogP contribution < -0.4 is 11.1 Å². The Bertz CT molecular complexity index is 1490. The van der Waals surface area contributed by atoms with Crippen LogP contribution in [-0.4, -0.2) is 32.4 Å². The van der Waals surface area contributed by atoms with Gasteiger partial charge in [0.05, 0.1) is 45.9 Å². The zero-order chi connectivity index (χ0) is 21.9. The molecular formula is C24H16N6O2. The first kappa shape index (κ1) is 19.3. The van der Waals surface area contributed by atoms with Gasteiger partial charge in [0.15, 0.2) is 0 Å². The number of rotatable bonds is 4. The Labute approximate surface area is 181 Å². The van der Waals surface area contributed by atoms with Crippen molar-refractivity contribution in [3.8, 4) is 0 Å². The van der Waals surface area contributed by atoms with Gasteiger partial charge in [-0.3, -0.25) is 19.6 Å². The molecule has 5 rings (SSSR count). The van der Waals surface area contributed by atoms with Crippen molar-refractivity contribution in [3.63, 3.8) is 0 Å². The molecule has 0 fully saturated rings. The highest BCUT2D eigenvalue weighted by Gasteiger charge is 2.03. The molecule has 0 unspecified atom stereocenters. The average Bonchev–Trinajstić information content (AvgIpc) is 2.82. The number of hydrogen-bond acceptors (Lipinski definition) is 6. The van der Waals surface area contributed by atoms with Gasteiger partial charge < -0.3 is 9.97 Å². The standard InChI is InChI=1S/C24H16N6O2/c31-23-21(27-17-5-1-3-7-19(17)29-23)13-25-15-9-11-16(12-10-15)26-14-22-24(32)30-20-8-4-2-6-18(20)28-22/h1-14H,(H,29,31)(H,30,32). The van der Waals surface area contributed by atoms with Gasteiger partial charge in [-0.25, -0.2) is 9.97 Å². The minimum Gasteiger partial charge on any atom is -0.319 e. The third-order valence-corrected chi connectivity index (χ3v) is 4.77. The maximum absolute atomic E-state index is 12.2. The maximum atomic E-state index is 12.2. The maximum Gasteiger partial charge on any atom is 0.275 e. The van der Waals surface area contributed by atoms with E-state index in [-0.39, 0.29) is 22.5 Å². The molecule has 3 aromatic carbocycles. The van der Waals surface area contributed by atoms with E-state index < -0.39 is 0 Å². The number of fused-ring (bicyclic) bond motifs is 2. The van der Waals surface area contributed by atoms with Crippen LogP contribution in [0.25, 0.3) is 22.1 Å². The molecule has 0 aliphatic heterocycles. The number of aromatic amines is 2. The van der Waals surface area contributed by atoms with Crippen LogP contribution >= 0.6 is 0 Å². The van der Waals surface area contributed by atoms with Gasteiger partial charge in [0, 0.05) is 0 Å². The molecule has 0 saturated carbocycles. The van der Waals surface area contributed by atoms with Crippen LogP contribution in [0.3, 0.4) is 0 Å². The number of hydrogen-bond donors (Lipinski definition) is 2. The Morgan fingerprint density at radius 3 is 1.44 bits per heavy atom. The lowest BCUT2D eigenvalue weighted by atomic mass is 10.3. The topological polar surface area (TPSA) is 116 Å². The molecule has 2 aromatic heterocycles. The molecule has 0 aliphatic carbocycles. The molecule has 8 heteroatoms. The number of nitrogens with one attached hydrogen (secondary N) is 2. The van der Waals surface area contributed by atoms with Gasteiger partial charge in [0.1, 0.15) is 11.4 Å². The van der Waals surface area contributed by atoms with Gasteiger partial charge in [0.2, 0.25) is 0 Å². The molecule has 2 N–H and O–H groups in total. The van der Waals surface area contributed by atoms with E-state index in [9.17, 15) is 9.59 Å². The van der Waals surface area contributed by atoms with Crippen LogP contribution in [0.2, 0.25) is 0 Å². The van der Waals surface area contributed by atoms with Crippen molar-refractivity contribution in [2.45, 2.75) is 0 Å². The summed E-state index contributed by atoms with van der Waals surface area (Å²) in [6, 6.07) is 21.7. The number of para-hydroxylation sites is 4. The van der Waals surface area contributed by atoms with E-state index in [4.69, 9.17) is 0 Å². The lowest BCUT2D eigenvalue weighted by molar-refractivity contribution is 1.20. The van der Waals surface area contributed by atoms with E-state index in [2.05, 4.69) is 29.9 Å². The quantitative estimate of drug-likeness (QED) is 0.432. The van der Waals surface area contributed by atoms with E-state index in [0.29, 0.717) is 33.4 Å². The molecule has 154 valence electrons. The van der Waals surface area contributed by atoms with Gasteiger partial charge in [-0.1, -0.05) is 24.3 Å². The largest absolute Gasteiger partial charge is 0.319 e. The summed E-state index contributed by atoms with van der Waals surface area (Å²) in [4.78, 5) is 47.3. The number of aliphatic imine (C=N–C) groups is 2. The van der Waals surface area contributed by atoms with Crippen LogP contribution in [-0.2, 0) is 0 Å². The molecule has 0 atom stereocenters.